The quantitative estimate of drug-likeness (QED) is 0.651. The van der Waals surface area contributed by atoms with Crippen LogP contribution in [0.5, 0.6) is 0 Å². The van der Waals surface area contributed by atoms with Crippen molar-refractivity contribution in [1.82, 2.24) is 4.98 Å². The molecule has 2 aromatic rings. The average Bonchev–Trinajstić information content (AvgIpc) is 2.44. The molecule has 0 unspecified atom stereocenters. The van der Waals surface area contributed by atoms with E-state index >= 15 is 0 Å². The van der Waals surface area contributed by atoms with Gasteiger partial charge in [-0.15, -0.1) is 0 Å². The number of benzene rings is 1. The van der Waals surface area contributed by atoms with Crippen LogP contribution in [0.2, 0.25) is 0 Å². The Hall–Kier alpha value is -2.21. The van der Waals surface area contributed by atoms with Gasteiger partial charge in [-0.05, 0) is 32.9 Å². The molecule has 1 aromatic carbocycles. The van der Waals surface area contributed by atoms with Crippen LogP contribution in [-0.4, -0.2) is 28.7 Å². The lowest BCUT2D eigenvalue weighted by molar-refractivity contribution is -0.383. The molecular formula is C15H19N3O3. The lowest BCUT2D eigenvalue weighted by atomic mass is 10.1. The highest BCUT2D eigenvalue weighted by Gasteiger charge is 2.19. The molecule has 0 aliphatic rings. The molecule has 0 amide bonds. The second-order valence-electron chi connectivity index (χ2n) is 5.36. The van der Waals surface area contributed by atoms with Crippen molar-refractivity contribution >= 4 is 22.1 Å². The number of nitro groups is 1. The SMILES string of the molecule is CCOC(C)(C)CNc1ccc([N+](=O)[O-])c2ccncc12. The molecular weight excluding hydrogens is 270 g/mol. The summed E-state index contributed by atoms with van der Waals surface area (Å²) in [6.07, 6.45) is 3.20. The zero-order chi connectivity index (χ0) is 15.5. The number of nitrogens with zero attached hydrogens (tertiary/aromatic N) is 2. The van der Waals surface area contributed by atoms with Crippen LogP contribution in [0.25, 0.3) is 10.8 Å². The van der Waals surface area contributed by atoms with E-state index in [0.717, 1.165) is 11.1 Å². The van der Waals surface area contributed by atoms with E-state index in [0.29, 0.717) is 18.5 Å². The maximum absolute atomic E-state index is 11.1. The summed E-state index contributed by atoms with van der Waals surface area (Å²) in [7, 11) is 0. The van der Waals surface area contributed by atoms with E-state index in [4.69, 9.17) is 4.74 Å². The number of non-ortho nitro benzene ring substituents is 1. The first-order chi connectivity index (χ1) is 9.94. The van der Waals surface area contributed by atoms with E-state index in [9.17, 15) is 10.1 Å². The van der Waals surface area contributed by atoms with Gasteiger partial charge in [-0.1, -0.05) is 0 Å². The molecule has 1 heterocycles. The highest BCUT2D eigenvalue weighted by molar-refractivity contribution is 5.99. The molecule has 0 bridgehead atoms. The van der Waals surface area contributed by atoms with Crippen LogP contribution in [0.3, 0.4) is 0 Å². The summed E-state index contributed by atoms with van der Waals surface area (Å²) < 4.78 is 5.64. The molecule has 0 atom stereocenters. The molecule has 0 saturated carbocycles. The van der Waals surface area contributed by atoms with Crippen molar-refractivity contribution in [2.75, 3.05) is 18.5 Å². The molecule has 0 spiro atoms. The maximum atomic E-state index is 11.1. The summed E-state index contributed by atoms with van der Waals surface area (Å²) >= 11 is 0. The molecule has 112 valence electrons. The van der Waals surface area contributed by atoms with E-state index in [-0.39, 0.29) is 16.2 Å². The Morgan fingerprint density at radius 3 is 2.76 bits per heavy atom. The van der Waals surface area contributed by atoms with E-state index < -0.39 is 0 Å². The van der Waals surface area contributed by atoms with Crippen molar-refractivity contribution < 1.29 is 9.66 Å². The van der Waals surface area contributed by atoms with Gasteiger partial charge in [0.2, 0.25) is 0 Å². The molecule has 6 heteroatoms. The minimum absolute atomic E-state index is 0.0852. The van der Waals surface area contributed by atoms with Gasteiger partial charge in [-0.3, -0.25) is 15.1 Å². The summed E-state index contributed by atoms with van der Waals surface area (Å²) in [5.74, 6) is 0. The summed E-state index contributed by atoms with van der Waals surface area (Å²) in [4.78, 5) is 14.8. The second kappa shape index (κ2) is 6.05. The molecule has 0 aliphatic carbocycles. The number of rotatable bonds is 6. The van der Waals surface area contributed by atoms with Crippen LogP contribution in [0.15, 0.2) is 30.6 Å². The number of pyridine rings is 1. The van der Waals surface area contributed by atoms with Gasteiger partial charge in [-0.2, -0.15) is 0 Å². The zero-order valence-corrected chi connectivity index (χ0v) is 12.4. The number of ether oxygens (including phenoxy) is 1. The Bertz CT molecular complexity index is 656. The predicted molar refractivity (Wildman–Crippen MR) is 82.6 cm³/mol. The molecule has 21 heavy (non-hydrogen) atoms. The van der Waals surface area contributed by atoms with E-state index in [1.54, 1.807) is 24.5 Å². The van der Waals surface area contributed by atoms with Crippen molar-refractivity contribution in [3.8, 4) is 0 Å². The van der Waals surface area contributed by atoms with Gasteiger partial charge in [0, 0.05) is 42.7 Å². The van der Waals surface area contributed by atoms with Crippen LogP contribution in [0.4, 0.5) is 11.4 Å². The fourth-order valence-corrected chi connectivity index (χ4v) is 2.24. The van der Waals surface area contributed by atoms with Crippen molar-refractivity contribution in [2.24, 2.45) is 0 Å². The topological polar surface area (TPSA) is 77.3 Å². The Morgan fingerprint density at radius 1 is 1.33 bits per heavy atom. The molecule has 0 radical (unpaired) electrons. The van der Waals surface area contributed by atoms with Gasteiger partial charge in [0.1, 0.15) is 0 Å². The third-order valence-electron chi connectivity index (χ3n) is 3.23. The first-order valence-corrected chi connectivity index (χ1v) is 6.83. The number of aromatic nitrogens is 1. The minimum Gasteiger partial charge on any atom is -0.382 e. The summed E-state index contributed by atoms with van der Waals surface area (Å²) in [6, 6.07) is 4.88. The normalized spacial score (nSPS) is 11.6. The molecule has 0 aliphatic heterocycles. The highest BCUT2D eigenvalue weighted by Crippen LogP contribution is 2.31. The smallest absolute Gasteiger partial charge is 0.277 e. The number of anilines is 1. The van der Waals surface area contributed by atoms with Gasteiger partial charge in [0.15, 0.2) is 0 Å². The van der Waals surface area contributed by atoms with Gasteiger partial charge in [0.05, 0.1) is 15.9 Å². The number of hydrogen-bond donors (Lipinski definition) is 1. The minimum atomic E-state index is -0.379. The monoisotopic (exact) mass is 289 g/mol. The first-order valence-electron chi connectivity index (χ1n) is 6.83. The number of nitrogens with one attached hydrogen (secondary N) is 1. The second-order valence-corrected chi connectivity index (χ2v) is 5.36. The maximum Gasteiger partial charge on any atom is 0.277 e. The summed E-state index contributed by atoms with van der Waals surface area (Å²) in [5, 5.41) is 15.7. The third-order valence-corrected chi connectivity index (χ3v) is 3.23. The lowest BCUT2D eigenvalue weighted by Crippen LogP contribution is -2.33. The molecule has 6 nitrogen and oxygen atoms in total. The van der Waals surface area contributed by atoms with Crippen molar-refractivity contribution in [1.29, 1.82) is 0 Å². The van der Waals surface area contributed by atoms with Crippen molar-refractivity contribution in [2.45, 2.75) is 26.4 Å². The Balaban J connectivity index is 2.34. The average molecular weight is 289 g/mol. The fourth-order valence-electron chi connectivity index (χ4n) is 2.24. The van der Waals surface area contributed by atoms with Crippen molar-refractivity contribution in [3.63, 3.8) is 0 Å². The number of hydrogen-bond acceptors (Lipinski definition) is 5. The highest BCUT2D eigenvalue weighted by atomic mass is 16.6. The Morgan fingerprint density at radius 2 is 2.10 bits per heavy atom. The van der Waals surface area contributed by atoms with Gasteiger partial charge in [-0.25, -0.2) is 0 Å². The summed E-state index contributed by atoms with van der Waals surface area (Å²) in [5.41, 5.74) is 0.587. The van der Waals surface area contributed by atoms with Crippen molar-refractivity contribution in [3.05, 3.63) is 40.7 Å². The Labute approximate surface area is 123 Å². The third kappa shape index (κ3) is 3.46. The van der Waals surface area contributed by atoms with Crippen LogP contribution in [0.1, 0.15) is 20.8 Å². The molecule has 0 fully saturated rings. The largest absolute Gasteiger partial charge is 0.382 e. The lowest BCUT2D eigenvalue weighted by Gasteiger charge is -2.25. The molecule has 0 saturated heterocycles. The fraction of sp³-hybridized carbons (Fsp3) is 0.400. The molecule has 1 aromatic heterocycles. The number of nitro benzene ring substituents is 1. The Kier molecular flexibility index (Phi) is 4.37. The van der Waals surface area contributed by atoms with Crippen LogP contribution in [0, 0.1) is 10.1 Å². The van der Waals surface area contributed by atoms with E-state index in [2.05, 4.69) is 10.3 Å². The summed E-state index contributed by atoms with van der Waals surface area (Å²) in [6.45, 7) is 7.18. The van der Waals surface area contributed by atoms with Gasteiger partial charge >= 0.3 is 0 Å². The number of fused-ring (bicyclic) bond motifs is 1. The molecule has 2 rings (SSSR count). The van der Waals surface area contributed by atoms with Crippen LogP contribution >= 0.6 is 0 Å². The van der Waals surface area contributed by atoms with Crippen LogP contribution < -0.4 is 5.32 Å². The van der Waals surface area contributed by atoms with E-state index in [1.807, 2.05) is 20.8 Å². The van der Waals surface area contributed by atoms with Gasteiger partial charge < -0.3 is 10.1 Å². The molecule has 1 N–H and O–H groups in total. The van der Waals surface area contributed by atoms with Crippen LogP contribution in [-0.2, 0) is 4.74 Å². The first kappa shape index (κ1) is 15.2. The zero-order valence-electron chi connectivity index (χ0n) is 12.4. The predicted octanol–water partition coefficient (Wildman–Crippen LogP) is 3.37. The van der Waals surface area contributed by atoms with Gasteiger partial charge in [0.25, 0.3) is 5.69 Å². The standard InChI is InChI=1S/C15H19N3O3/c1-4-21-15(2,3)10-17-13-5-6-14(18(19)20)11-7-8-16-9-12(11)13/h5-9,17H,4,10H2,1-3H3. The van der Waals surface area contributed by atoms with E-state index in [1.165, 1.54) is 6.07 Å².